The van der Waals surface area contributed by atoms with Gasteiger partial charge in [0.25, 0.3) is 0 Å². The highest BCUT2D eigenvalue weighted by Gasteiger charge is 2.34. The molecule has 0 aromatic heterocycles. The Labute approximate surface area is 150 Å². The van der Waals surface area contributed by atoms with E-state index < -0.39 is 0 Å². The van der Waals surface area contributed by atoms with Gasteiger partial charge in [0.2, 0.25) is 5.91 Å². The fraction of sp³-hybridized carbons (Fsp3) is 0.600. The van der Waals surface area contributed by atoms with E-state index in [9.17, 15) is 4.79 Å². The van der Waals surface area contributed by atoms with Gasteiger partial charge in [0, 0.05) is 5.56 Å². The fourth-order valence-electron chi connectivity index (χ4n) is 3.38. The molecule has 1 aromatic rings. The maximum atomic E-state index is 12.2. The SMILES string of the molecule is COc1cc2c(cc1OC)C(C(CCC(C)C)C(N)=O)=NC(C)(C)C2. The van der Waals surface area contributed by atoms with E-state index in [4.69, 9.17) is 20.2 Å². The molecule has 0 radical (unpaired) electrons. The quantitative estimate of drug-likeness (QED) is 0.822. The number of primary amides is 1. The number of carbonyl (C=O) groups excluding carboxylic acids is 1. The highest BCUT2D eigenvalue weighted by molar-refractivity contribution is 6.14. The number of ether oxygens (including phenoxy) is 2. The summed E-state index contributed by atoms with van der Waals surface area (Å²) in [5.41, 5.74) is 8.31. The number of carbonyl (C=O) groups is 1. The smallest absolute Gasteiger partial charge is 0.226 e. The van der Waals surface area contributed by atoms with Crippen LogP contribution in [0.4, 0.5) is 0 Å². The van der Waals surface area contributed by atoms with Gasteiger partial charge < -0.3 is 15.2 Å². The highest BCUT2D eigenvalue weighted by atomic mass is 16.5. The first kappa shape index (κ1) is 19.3. The Morgan fingerprint density at radius 2 is 1.80 bits per heavy atom. The summed E-state index contributed by atoms with van der Waals surface area (Å²) in [7, 11) is 3.24. The van der Waals surface area contributed by atoms with Gasteiger partial charge in [-0.2, -0.15) is 0 Å². The van der Waals surface area contributed by atoms with Gasteiger partial charge in [-0.1, -0.05) is 13.8 Å². The molecule has 1 aliphatic rings. The molecular formula is C20H30N2O3. The minimum Gasteiger partial charge on any atom is -0.493 e. The molecule has 25 heavy (non-hydrogen) atoms. The number of nitrogens with zero attached hydrogens (tertiary/aromatic N) is 1. The highest BCUT2D eigenvalue weighted by Crippen LogP contribution is 2.38. The average molecular weight is 346 g/mol. The summed E-state index contributed by atoms with van der Waals surface area (Å²) < 4.78 is 10.9. The van der Waals surface area contributed by atoms with Crippen molar-refractivity contribution in [3.8, 4) is 11.5 Å². The number of methoxy groups -OCH3 is 2. The van der Waals surface area contributed by atoms with Crippen LogP contribution in [0.5, 0.6) is 11.5 Å². The maximum absolute atomic E-state index is 12.2. The second-order valence-electron chi connectivity index (χ2n) is 7.78. The van der Waals surface area contributed by atoms with Gasteiger partial charge in [-0.3, -0.25) is 9.79 Å². The monoisotopic (exact) mass is 346 g/mol. The van der Waals surface area contributed by atoms with Crippen LogP contribution in [0.25, 0.3) is 0 Å². The Kier molecular flexibility index (Phi) is 5.76. The molecular weight excluding hydrogens is 316 g/mol. The van der Waals surface area contributed by atoms with Crippen molar-refractivity contribution >= 4 is 11.6 Å². The van der Waals surface area contributed by atoms with Crippen molar-refractivity contribution in [2.75, 3.05) is 14.2 Å². The van der Waals surface area contributed by atoms with E-state index in [2.05, 4.69) is 27.7 Å². The number of nitrogens with two attached hydrogens (primary N) is 1. The molecule has 0 fully saturated rings. The molecule has 1 atom stereocenters. The fourth-order valence-corrected chi connectivity index (χ4v) is 3.38. The summed E-state index contributed by atoms with van der Waals surface area (Å²) in [4.78, 5) is 17.1. The van der Waals surface area contributed by atoms with Gasteiger partial charge in [-0.25, -0.2) is 0 Å². The van der Waals surface area contributed by atoms with Crippen LogP contribution in [0.3, 0.4) is 0 Å². The van der Waals surface area contributed by atoms with Crippen molar-refractivity contribution in [2.45, 2.75) is 52.5 Å². The number of benzene rings is 1. The Bertz CT molecular complexity index is 678. The number of aliphatic imine (C=N–C) groups is 1. The minimum absolute atomic E-state index is 0.284. The van der Waals surface area contributed by atoms with Gasteiger partial charge >= 0.3 is 0 Å². The van der Waals surface area contributed by atoms with Crippen molar-refractivity contribution in [1.82, 2.24) is 0 Å². The van der Waals surface area contributed by atoms with Gasteiger partial charge in [0.1, 0.15) is 0 Å². The van der Waals surface area contributed by atoms with Crippen LogP contribution >= 0.6 is 0 Å². The van der Waals surface area contributed by atoms with Gasteiger partial charge in [-0.05, 0) is 56.7 Å². The number of amides is 1. The molecule has 0 saturated carbocycles. The van der Waals surface area contributed by atoms with E-state index in [1.54, 1.807) is 14.2 Å². The Balaban J connectivity index is 2.56. The molecule has 5 heteroatoms. The molecule has 0 saturated heterocycles. The third-order valence-electron chi connectivity index (χ3n) is 4.64. The van der Waals surface area contributed by atoms with Crippen molar-refractivity contribution in [3.05, 3.63) is 23.3 Å². The minimum atomic E-state index is -0.390. The molecule has 1 amide bonds. The zero-order chi connectivity index (χ0) is 18.8. The maximum Gasteiger partial charge on any atom is 0.226 e. The molecule has 1 aromatic carbocycles. The van der Waals surface area contributed by atoms with Crippen molar-refractivity contribution in [1.29, 1.82) is 0 Å². The van der Waals surface area contributed by atoms with E-state index in [0.717, 1.165) is 29.7 Å². The lowest BCUT2D eigenvalue weighted by Gasteiger charge is -2.32. The van der Waals surface area contributed by atoms with Crippen LogP contribution < -0.4 is 15.2 Å². The first-order valence-corrected chi connectivity index (χ1v) is 8.83. The predicted octanol–water partition coefficient (Wildman–Crippen LogP) is 3.37. The zero-order valence-corrected chi connectivity index (χ0v) is 16.2. The van der Waals surface area contributed by atoms with Crippen LogP contribution in [0.1, 0.15) is 51.7 Å². The third-order valence-corrected chi connectivity index (χ3v) is 4.64. The summed E-state index contributed by atoms with van der Waals surface area (Å²) in [6.45, 7) is 8.44. The average Bonchev–Trinajstić information content (AvgIpc) is 2.52. The molecule has 138 valence electrons. The molecule has 5 nitrogen and oxygen atoms in total. The second kappa shape index (κ2) is 7.46. The summed E-state index contributed by atoms with van der Waals surface area (Å²) in [5.74, 6) is 1.12. The van der Waals surface area contributed by atoms with Gasteiger partial charge in [0.15, 0.2) is 11.5 Å². The number of hydrogen-bond donors (Lipinski definition) is 1. The third kappa shape index (κ3) is 4.33. The van der Waals surface area contributed by atoms with Crippen molar-refractivity contribution in [3.63, 3.8) is 0 Å². The molecule has 0 bridgehead atoms. The first-order chi connectivity index (χ1) is 11.7. The van der Waals surface area contributed by atoms with E-state index in [-0.39, 0.29) is 17.4 Å². The first-order valence-electron chi connectivity index (χ1n) is 8.83. The number of hydrogen-bond acceptors (Lipinski definition) is 4. The lowest BCUT2D eigenvalue weighted by Crippen LogP contribution is -2.38. The van der Waals surface area contributed by atoms with Crippen molar-refractivity contribution in [2.24, 2.45) is 22.6 Å². The summed E-state index contributed by atoms with van der Waals surface area (Å²) in [6, 6.07) is 3.92. The Morgan fingerprint density at radius 1 is 1.20 bits per heavy atom. The molecule has 1 aliphatic heterocycles. The Hall–Kier alpha value is -2.04. The van der Waals surface area contributed by atoms with Gasteiger partial charge in [-0.15, -0.1) is 0 Å². The summed E-state index contributed by atoms with van der Waals surface area (Å²) >= 11 is 0. The van der Waals surface area contributed by atoms with Crippen LogP contribution in [0, 0.1) is 11.8 Å². The summed E-state index contributed by atoms with van der Waals surface area (Å²) in [5, 5.41) is 0. The van der Waals surface area contributed by atoms with Crippen LogP contribution in [-0.4, -0.2) is 31.4 Å². The molecule has 1 heterocycles. The molecule has 0 spiro atoms. The molecule has 0 aliphatic carbocycles. The lowest BCUT2D eigenvalue weighted by molar-refractivity contribution is -0.120. The Morgan fingerprint density at radius 3 is 2.32 bits per heavy atom. The molecule has 1 unspecified atom stereocenters. The predicted molar refractivity (Wildman–Crippen MR) is 101 cm³/mol. The van der Waals surface area contributed by atoms with E-state index in [1.807, 2.05) is 12.1 Å². The van der Waals surface area contributed by atoms with Gasteiger partial charge in [0.05, 0.1) is 31.4 Å². The van der Waals surface area contributed by atoms with E-state index >= 15 is 0 Å². The molecule has 2 rings (SSSR count). The van der Waals surface area contributed by atoms with E-state index in [0.29, 0.717) is 23.8 Å². The zero-order valence-electron chi connectivity index (χ0n) is 16.2. The second-order valence-corrected chi connectivity index (χ2v) is 7.78. The number of fused-ring (bicyclic) bond motifs is 1. The molecule has 2 N–H and O–H groups in total. The van der Waals surface area contributed by atoms with Crippen LogP contribution in [0.15, 0.2) is 17.1 Å². The standard InChI is InChI=1S/C20H30N2O3/c1-12(2)7-8-14(19(21)23)18-15-10-17(25-6)16(24-5)9-13(15)11-20(3,4)22-18/h9-10,12,14H,7-8,11H2,1-6H3,(H2,21,23). The topological polar surface area (TPSA) is 73.9 Å². The van der Waals surface area contributed by atoms with Crippen LogP contribution in [0.2, 0.25) is 0 Å². The van der Waals surface area contributed by atoms with Crippen molar-refractivity contribution < 1.29 is 14.3 Å². The van der Waals surface area contributed by atoms with E-state index in [1.165, 1.54) is 0 Å². The lowest BCUT2D eigenvalue weighted by atomic mass is 9.80. The largest absolute Gasteiger partial charge is 0.493 e. The normalized spacial score (nSPS) is 16.8. The van der Waals surface area contributed by atoms with Crippen LogP contribution in [-0.2, 0) is 11.2 Å². The number of rotatable bonds is 7. The summed E-state index contributed by atoms with van der Waals surface area (Å²) in [6.07, 6.45) is 2.41.